The highest BCUT2D eigenvalue weighted by Gasteiger charge is 2.18. The Labute approximate surface area is 122 Å². The van der Waals surface area contributed by atoms with Crippen molar-refractivity contribution >= 4 is 34.8 Å². The van der Waals surface area contributed by atoms with Gasteiger partial charge < -0.3 is 10.4 Å². The van der Waals surface area contributed by atoms with Crippen molar-refractivity contribution in [2.24, 2.45) is 0 Å². The average molecular weight is 312 g/mol. The Morgan fingerprint density at radius 2 is 2.14 bits per heavy atom. The number of hydrogen-bond acceptors (Lipinski definition) is 5. The van der Waals surface area contributed by atoms with Gasteiger partial charge in [-0.2, -0.15) is 0 Å². The Morgan fingerprint density at radius 3 is 2.71 bits per heavy atom. The molecule has 0 bridgehead atoms. The lowest BCUT2D eigenvalue weighted by Crippen LogP contribution is -2.06. The van der Waals surface area contributed by atoms with Gasteiger partial charge in [-0.15, -0.1) is 0 Å². The van der Waals surface area contributed by atoms with Gasteiger partial charge in [0.25, 0.3) is 5.69 Å². The van der Waals surface area contributed by atoms with Crippen LogP contribution in [0, 0.1) is 15.9 Å². The number of halogens is 2. The molecule has 21 heavy (non-hydrogen) atoms. The van der Waals surface area contributed by atoms with Crippen LogP contribution in [0.15, 0.2) is 30.5 Å². The van der Waals surface area contributed by atoms with Crippen LogP contribution in [0.1, 0.15) is 10.4 Å². The van der Waals surface area contributed by atoms with Crippen LogP contribution in [0.5, 0.6) is 0 Å². The SMILES string of the molecule is O=C(O)c1cc([N+](=O)[O-])cnc1Nc1ccc(Cl)c(F)c1. The first-order chi connectivity index (χ1) is 9.88. The Hall–Kier alpha value is -2.74. The summed E-state index contributed by atoms with van der Waals surface area (Å²) < 4.78 is 13.3. The van der Waals surface area contributed by atoms with E-state index in [-0.39, 0.29) is 16.5 Å². The maximum atomic E-state index is 13.3. The molecular formula is C12H7ClFN3O4. The summed E-state index contributed by atoms with van der Waals surface area (Å²) in [4.78, 5) is 24.6. The topological polar surface area (TPSA) is 105 Å². The second-order valence-electron chi connectivity index (χ2n) is 3.91. The van der Waals surface area contributed by atoms with E-state index in [1.54, 1.807) is 0 Å². The number of aromatic nitrogens is 1. The number of nitrogens with one attached hydrogen (secondary N) is 1. The third-order valence-electron chi connectivity index (χ3n) is 2.50. The van der Waals surface area contributed by atoms with Gasteiger partial charge in [-0.3, -0.25) is 10.1 Å². The Balaban J connectivity index is 2.41. The largest absolute Gasteiger partial charge is 0.478 e. The molecule has 9 heteroatoms. The van der Waals surface area contributed by atoms with Gasteiger partial charge in [0.15, 0.2) is 0 Å². The van der Waals surface area contributed by atoms with Crippen molar-refractivity contribution in [1.29, 1.82) is 0 Å². The standard InChI is InChI=1S/C12H7ClFN3O4/c13-9-2-1-6(3-10(9)14)16-11-8(12(18)19)4-7(5-15-11)17(20)21/h1-5H,(H,15,16)(H,18,19). The summed E-state index contributed by atoms with van der Waals surface area (Å²) in [6.07, 6.45) is 0.904. The zero-order valence-corrected chi connectivity index (χ0v) is 11.0. The monoisotopic (exact) mass is 311 g/mol. The van der Waals surface area contributed by atoms with Crippen LogP contribution in [-0.2, 0) is 0 Å². The minimum atomic E-state index is -1.40. The molecule has 2 rings (SSSR count). The highest BCUT2D eigenvalue weighted by molar-refractivity contribution is 6.30. The number of anilines is 2. The first kappa shape index (κ1) is 14.7. The first-order valence-electron chi connectivity index (χ1n) is 5.48. The maximum Gasteiger partial charge on any atom is 0.339 e. The molecule has 2 N–H and O–H groups in total. The molecule has 0 fully saturated rings. The number of rotatable bonds is 4. The normalized spacial score (nSPS) is 10.2. The molecule has 0 unspecified atom stereocenters. The molecular weight excluding hydrogens is 305 g/mol. The zero-order chi connectivity index (χ0) is 15.6. The first-order valence-corrected chi connectivity index (χ1v) is 5.86. The molecule has 0 aliphatic carbocycles. The van der Waals surface area contributed by atoms with E-state index in [9.17, 15) is 19.3 Å². The molecule has 0 aliphatic heterocycles. The fraction of sp³-hybridized carbons (Fsp3) is 0. The molecule has 7 nitrogen and oxygen atoms in total. The maximum absolute atomic E-state index is 13.3. The summed E-state index contributed by atoms with van der Waals surface area (Å²) >= 11 is 5.53. The molecule has 1 aromatic heterocycles. The van der Waals surface area contributed by atoms with Gasteiger partial charge in [0.05, 0.1) is 9.95 Å². The number of carbonyl (C=O) groups is 1. The highest BCUT2D eigenvalue weighted by Crippen LogP contribution is 2.25. The van der Waals surface area contributed by atoms with Crippen molar-refractivity contribution in [3.63, 3.8) is 0 Å². The average Bonchev–Trinajstić information content (AvgIpc) is 2.43. The van der Waals surface area contributed by atoms with Gasteiger partial charge in [0.1, 0.15) is 23.4 Å². The van der Waals surface area contributed by atoms with Gasteiger partial charge in [0.2, 0.25) is 0 Å². The summed E-state index contributed by atoms with van der Waals surface area (Å²) in [5.41, 5.74) is -0.652. The van der Waals surface area contributed by atoms with E-state index in [0.29, 0.717) is 0 Å². The van der Waals surface area contributed by atoms with Gasteiger partial charge in [0, 0.05) is 11.8 Å². The zero-order valence-electron chi connectivity index (χ0n) is 10.2. The third-order valence-corrected chi connectivity index (χ3v) is 2.80. The highest BCUT2D eigenvalue weighted by atomic mass is 35.5. The van der Waals surface area contributed by atoms with Crippen molar-refractivity contribution in [3.05, 3.63) is 57.0 Å². The van der Waals surface area contributed by atoms with Gasteiger partial charge in [-0.05, 0) is 18.2 Å². The van der Waals surface area contributed by atoms with E-state index in [1.807, 2.05) is 0 Å². The van der Waals surface area contributed by atoms with Crippen LogP contribution in [-0.4, -0.2) is 21.0 Å². The fourth-order valence-corrected chi connectivity index (χ4v) is 1.64. The molecule has 0 atom stereocenters. The number of carboxylic acids is 1. The van der Waals surface area contributed by atoms with E-state index in [1.165, 1.54) is 12.1 Å². The van der Waals surface area contributed by atoms with Gasteiger partial charge in [-0.25, -0.2) is 14.2 Å². The predicted octanol–water partition coefficient (Wildman–Crippen LogP) is 3.22. The molecule has 1 aromatic carbocycles. The second kappa shape index (κ2) is 5.71. The Kier molecular flexibility index (Phi) is 3.99. The van der Waals surface area contributed by atoms with Crippen molar-refractivity contribution in [2.75, 3.05) is 5.32 Å². The molecule has 1 heterocycles. The number of aromatic carboxylic acids is 1. The molecule has 0 aliphatic rings. The van der Waals surface area contributed by atoms with Crippen molar-refractivity contribution in [2.45, 2.75) is 0 Å². The number of benzene rings is 1. The summed E-state index contributed by atoms with van der Waals surface area (Å²) in [7, 11) is 0. The van der Waals surface area contributed by atoms with Gasteiger partial charge in [-0.1, -0.05) is 11.6 Å². The smallest absolute Gasteiger partial charge is 0.339 e. The molecule has 0 spiro atoms. The third kappa shape index (κ3) is 3.23. The lowest BCUT2D eigenvalue weighted by molar-refractivity contribution is -0.385. The van der Waals surface area contributed by atoms with Gasteiger partial charge >= 0.3 is 5.97 Å². The second-order valence-corrected chi connectivity index (χ2v) is 4.31. The van der Waals surface area contributed by atoms with Crippen LogP contribution in [0.4, 0.5) is 21.6 Å². The van der Waals surface area contributed by atoms with Crippen LogP contribution >= 0.6 is 11.6 Å². The van der Waals surface area contributed by atoms with Crippen molar-refractivity contribution in [1.82, 2.24) is 4.98 Å². The van der Waals surface area contributed by atoms with E-state index in [2.05, 4.69) is 10.3 Å². The quantitative estimate of drug-likeness (QED) is 0.663. The predicted molar refractivity (Wildman–Crippen MR) is 72.5 cm³/mol. The molecule has 2 aromatic rings. The van der Waals surface area contributed by atoms with E-state index < -0.39 is 28.0 Å². The van der Waals surface area contributed by atoms with Crippen molar-refractivity contribution < 1.29 is 19.2 Å². The summed E-state index contributed by atoms with van der Waals surface area (Å²) in [5, 5.41) is 22.2. The lowest BCUT2D eigenvalue weighted by Gasteiger charge is -2.08. The molecule has 108 valence electrons. The van der Waals surface area contributed by atoms with Crippen molar-refractivity contribution in [3.8, 4) is 0 Å². The Morgan fingerprint density at radius 1 is 1.43 bits per heavy atom. The number of nitro groups is 1. The number of nitrogens with zero attached hydrogens (tertiary/aromatic N) is 2. The van der Waals surface area contributed by atoms with E-state index in [0.717, 1.165) is 18.3 Å². The molecule has 0 amide bonds. The van der Waals surface area contributed by atoms with Crippen LogP contribution in [0.2, 0.25) is 5.02 Å². The minimum Gasteiger partial charge on any atom is -0.478 e. The van der Waals surface area contributed by atoms with E-state index in [4.69, 9.17) is 16.7 Å². The fourth-order valence-electron chi connectivity index (χ4n) is 1.53. The molecule has 0 radical (unpaired) electrons. The van der Waals surface area contributed by atoms with Crippen LogP contribution < -0.4 is 5.32 Å². The molecule has 0 saturated carbocycles. The Bertz CT molecular complexity index is 738. The molecule has 0 saturated heterocycles. The summed E-state index contributed by atoms with van der Waals surface area (Å²) in [6, 6.07) is 4.62. The lowest BCUT2D eigenvalue weighted by atomic mass is 10.2. The van der Waals surface area contributed by atoms with Crippen LogP contribution in [0.3, 0.4) is 0 Å². The number of carboxylic acid groups (broad SMARTS) is 1. The summed E-state index contributed by atoms with van der Waals surface area (Å²) in [5.74, 6) is -2.24. The van der Waals surface area contributed by atoms with E-state index >= 15 is 0 Å². The number of hydrogen-bond donors (Lipinski definition) is 2. The summed E-state index contributed by atoms with van der Waals surface area (Å²) in [6.45, 7) is 0. The number of pyridine rings is 1. The minimum absolute atomic E-state index is 0.0873. The van der Waals surface area contributed by atoms with Crippen LogP contribution in [0.25, 0.3) is 0 Å².